The molecule has 2 aromatic rings. The fourth-order valence-corrected chi connectivity index (χ4v) is 1.91. The Kier molecular flexibility index (Phi) is 4.38. The molecule has 96 valence electrons. The van der Waals surface area contributed by atoms with Gasteiger partial charge in [0.25, 0.3) is 0 Å². The van der Waals surface area contributed by atoms with E-state index >= 15 is 0 Å². The average molecular weight is 273 g/mol. The number of hydrogen-bond acceptors (Lipinski definition) is 3. The molecule has 0 saturated heterocycles. The van der Waals surface area contributed by atoms with E-state index in [9.17, 15) is 0 Å². The molecule has 3 nitrogen and oxygen atoms in total. The van der Waals surface area contributed by atoms with Crippen molar-refractivity contribution in [1.82, 2.24) is 4.98 Å². The van der Waals surface area contributed by atoms with Crippen molar-refractivity contribution in [3.63, 3.8) is 0 Å². The van der Waals surface area contributed by atoms with Crippen LogP contribution in [0.3, 0.4) is 0 Å². The van der Waals surface area contributed by atoms with Gasteiger partial charge in [0.1, 0.15) is 12.4 Å². The minimum absolute atomic E-state index is 0.315. The number of ether oxygens (including phenoxy) is 1. The Bertz CT molecular complexity index is 620. The molecule has 0 aliphatic heterocycles. The van der Waals surface area contributed by atoms with Crippen LogP contribution in [0, 0.1) is 18.3 Å². The summed E-state index contributed by atoms with van der Waals surface area (Å²) >= 11 is 5.85. The number of alkyl halides is 1. The first-order valence-corrected chi connectivity index (χ1v) is 6.40. The zero-order chi connectivity index (χ0) is 13.7. The van der Waals surface area contributed by atoms with Gasteiger partial charge in [0.05, 0.1) is 23.2 Å². The Morgan fingerprint density at radius 2 is 2.16 bits per heavy atom. The number of rotatable bonds is 4. The van der Waals surface area contributed by atoms with Gasteiger partial charge in [-0.05, 0) is 36.8 Å². The summed E-state index contributed by atoms with van der Waals surface area (Å²) < 4.78 is 5.71. The molecule has 1 heterocycles. The SMILES string of the molecule is Cc1ccc(OCc2cccc(C#N)c2)c(CCl)n1. The summed E-state index contributed by atoms with van der Waals surface area (Å²) in [5.74, 6) is 0.998. The van der Waals surface area contributed by atoms with Gasteiger partial charge in [-0.1, -0.05) is 12.1 Å². The topological polar surface area (TPSA) is 45.9 Å². The number of aryl methyl sites for hydroxylation is 1. The lowest BCUT2D eigenvalue weighted by Gasteiger charge is -2.10. The third-order valence-corrected chi connectivity index (χ3v) is 2.90. The monoisotopic (exact) mass is 272 g/mol. The molecule has 0 bridgehead atoms. The second-order valence-electron chi connectivity index (χ2n) is 4.13. The standard InChI is InChI=1S/C15H13ClN2O/c1-11-5-6-15(14(8-16)18-11)19-10-13-4-2-3-12(7-13)9-17/h2-7H,8,10H2,1H3. The van der Waals surface area contributed by atoms with Crippen LogP contribution in [0.1, 0.15) is 22.5 Å². The number of benzene rings is 1. The normalized spacial score (nSPS) is 9.95. The molecule has 2 rings (SSSR count). The maximum atomic E-state index is 8.84. The summed E-state index contributed by atoms with van der Waals surface area (Å²) in [7, 11) is 0. The van der Waals surface area contributed by atoms with Gasteiger partial charge in [-0.2, -0.15) is 5.26 Å². The number of nitrogens with zero attached hydrogens (tertiary/aromatic N) is 2. The van der Waals surface area contributed by atoms with Crippen molar-refractivity contribution in [2.75, 3.05) is 0 Å². The minimum Gasteiger partial charge on any atom is -0.487 e. The van der Waals surface area contributed by atoms with E-state index in [0.29, 0.717) is 23.8 Å². The first-order chi connectivity index (χ1) is 9.22. The number of hydrogen-bond donors (Lipinski definition) is 0. The van der Waals surface area contributed by atoms with Crippen molar-refractivity contribution in [2.45, 2.75) is 19.4 Å². The molecular formula is C15H13ClN2O. The number of aromatic nitrogens is 1. The first-order valence-electron chi connectivity index (χ1n) is 5.87. The highest BCUT2D eigenvalue weighted by molar-refractivity contribution is 6.17. The third-order valence-electron chi connectivity index (χ3n) is 2.65. The zero-order valence-corrected chi connectivity index (χ0v) is 11.3. The lowest BCUT2D eigenvalue weighted by atomic mass is 10.1. The van der Waals surface area contributed by atoms with Crippen molar-refractivity contribution < 1.29 is 4.74 Å². The summed E-state index contributed by atoms with van der Waals surface area (Å²) in [5.41, 5.74) is 3.22. The maximum absolute atomic E-state index is 8.84. The van der Waals surface area contributed by atoms with Gasteiger partial charge in [-0.25, -0.2) is 0 Å². The van der Waals surface area contributed by atoms with Crippen LogP contribution in [0.2, 0.25) is 0 Å². The lowest BCUT2D eigenvalue weighted by Crippen LogP contribution is -2.00. The van der Waals surface area contributed by atoms with E-state index in [-0.39, 0.29) is 0 Å². The van der Waals surface area contributed by atoms with Crippen molar-refractivity contribution in [3.8, 4) is 11.8 Å². The van der Waals surface area contributed by atoms with Crippen molar-refractivity contribution in [2.24, 2.45) is 0 Å². The van der Waals surface area contributed by atoms with Crippen molar-refractivity contribution in [3.05, 3.63) is 58.9 Å². The van der Waals surface area contributed by atoms with E-state index in [0.717, 1.165) is 17.0 Å². The van der Waals surface area contributed by atoms with Crippen LogP contribution in [0.5, 0.6) is 5.75 Å². The van der Waals surface area contributed by atoms with Gasteiger partial charge in [0.15, 0.2) is 0 Å². The summed E-state index contributed by atoms with van der Waals surface area (Å²) in [5, 5.41) is 8.84. The van der Waals surface area contributed by atoms with Gasteiger partial charge in [-0.3, -0.25) is 4.98 Å². The smallest absolute Gasteiger partial charge is 0.142 e. The minimum atomic E-state index is 0.315. The number of nitriles is 1. The molecule has 0 unspecified atom stereocenters. The molecular weight excluding hydrogens is 260 g/mol. The van der Waals surface area contributed by atoms with Crippen LogP contribution in [0.4, 0.5) is 0 Å². The van der Waals surface area contributed by atoms with Crippen LogP contribution in [0.25, 0.3) is 0 Å². The highest BCUT2D eigenvalue weighted by atomic mass is 35.5. The van der Waals surface area contributed by atoms with E-state index in [1.807, 2.05) is 37.3 Å². The second-order valence-corrected chi connectivity index (χ2v) is 4.40. The molecule has 0 saturated carbocycles. The highest BCUT2D eigenvalue weighted by Crippen LogP contribution is 2.20. The second kappa shape index (κ2) is 6.21. The lowest BCUT2D eigenvalue weighted by molar-refractivity contribution is 0.302. The molecule has 0 aliphatic rings. The van der Waals surface area contributed by atoms with Crippen LogP contribution in [-0.4, -0.2) is 4.98 Å². The molecule has 19 heavy (non-hydrogen) atoms. The molecule has 0 fully saturated rings. The summed E-state index contributed by atoms with van der Waals surface area (Å²) in [6.45, 7) is 2.31. The van der Waals surface area contributed by atoms with Crippen LogP contribution in [-0.2, 0) is 12.5 Å². The average Bonchev–Trinajstić information content (AvgIpc) is 2.46. The fraction of sp³-hybridized carbons (Fsp3) is 0.200. The van der Waals surface area contributed by atoms with Gasteiger partial charge >= 0.3 is 0 Å². The van der Waals surface area contributed by atoms with Crippen molar-refractivity contribution in [1.29, 1.82) is 5.26 Å². The maximum Gasteiger partial charge on any atom is 0.142 e. The Labute approximate surface area is 117 Å². The van der Waals surface area contributed by atoms with Crippen LogP contribution < -0.4 is 4.74 Å². The first kappa shape index (κ1) is 13.4. The Hall–Kier alpha value is -2.05. The third kappa shape index (κ3) is 3.46. The van der Waals surface area contributed by atoms with Gasteiger partial charge in [0, 0.05) is 5.69 Å². The van der Waals surface area contributed by atoms with E-state index in [1.54, 1.807) is 6.07 Å². The van der Waals surface area contributed by atoms with Gasteiger partial charge in [0.2, 0.25) is 0 Å². The van der Waals surface area contributed by atoms with E-state index in [2.05, 4.69) is 11.1 Å². The quantitative estimate of drug-likeness (QED) is 0.799. The Morgan fingerprint density at radius 1 is 1.32 bits per heavy atom. The Morgan fingerprint density at radius 3 is 2.89 bits per heavy atom. The highest BCUT2D eigenvalue weighted by Gasteiger charge is 2.05. The number of halogens is 1. The van der Waals surface area contributed by atoms with Gasteiger partial charge in [-0.15, -0.1) is 11.6 Å². The summed E-state index contributed by atoms with van der Waals surface area (Å²) in [4.78, 5) is 4.33. The van der Waals surface area contributed by atoms with Crippen LogP contribution >= 0.6 is 11.6 Å². The molecule has 1 aromatic heterocycles. The number of pyridine rings is 1. The van der Waals surface area contributed by atoms with Gasteiger partial charge < -0.3 is 4.74 Å². The van der Waals surface area contributed by atoms with E-state index < -0.39 is 0 Å². The molecule has 1 aromatic carbocycles. The zero-order valence-electron chi connectivity index (χ0n) is 10.6. The summed E-state index contributed by atoms with van der Waals surface area (Å²) in [6.07, 6.45) is 0. The molecule has 0 spiro atoms. The predicted molar refractivity (Wildman–Crippen MR) is 74.0 cm³/mol. The molecule has 0 N–H and O–H groups in total. The molecule has 0 amide bonds. The molecule has 4 heteroatoms. The summed E-state index contributed by atoms with van der Waals surface area (Å²) in [6, 6.07) is 13.2. The van der Waals surface area contributed by atoms with E-state index in [4.69, 9.17) is 21.6 Å². The fourth-order valence-electron chi connectivity index (χ4n) is 1.72. The molecule has 0 aliphatic carbocycles. The molecule has 0 atom stereocenters. The largest absolute Gasteiger partial charge is 0.487 e. The Balaban J connectivity index is 2.12. The van der Waals surface area contributed by atoms with Crippen LogP contribution in [0.15, 0.2) is 36.4 Å². The van der Waals surface area contributed by atoms with E-state index in [1.165, 1.54) is 0 Å². The molecule has 0 radical (unpaired) electrons. The predicted octanol–water partition coefficient (Wildman–Crippen LogP) is 3.58. The van der Waals surface area contributed by atoms with Crippen molar-refractivity contribution >= 4 is 11.6 Å².